The van der Waals surface area contributed by atoms with Crippen LogP contribution in [0.2, 0.25) is 0 Å². The zero-order valence-electron chi connectivity index (χ0n) is 7.33. The molecular weight excluding hydrogens is 164 g/mol. The minimum Gasteiger partial charge on any atom is -0.396 e. The Hall–Kier alpha value is -1.35. The van der Waals surface area contributed by atoms with E-state index in [-0.39, 0.29) is 6.61 Å². The Balaban J connectivity index is 2.37. The van der Waals surface area contributed by atoms with Crippen LogP contribution in [0.5, 0.6) is 0 Å². The molecule has 0 radical (unpaired) electrons. The lowest BCUT2D eigenvalue weighted by molar-refractivity contribution is 0.289. The molecule has 13 heavy (non-hydrogen) atoms. The molecule has 0 saturated carbocycles. The third-order valence-electron chi connectivity index (χ3n) is 2.14. The van der Waals surface area contributed by atoms with Crippen molar-refractivity contribution in [2.45, 2.75) is 12.8 Å². The Morgan fingerprint density at radius 1 is 1.38 bits per heavy atom. The van der Waals surface area contributed by atoms with Crippen molar-refractivity contribution in [2.24, 2.45) is 0 Å². The van der Waals surface area contributed by atoms with Gasteiger partial charge in [-0.1, -0.05) is 12.1 Å². The highest BCUT2D eigenvalue weighted by molar-refractivity contribution is 5.78. The molecule has 3 heteroatoms. The summed E-state index contributed by atoms with van der Waals surface area (Å²) in [6.07, 6.45) is 3.39. The molecule has 68 valence electrons. The van der Waals surface area contributed by atoms with Gasteiger partial charge in [0.15, 0.2) is 0 Å². The number of hydrogen-bond acceptors (Lipinski definition) is 2. The standard InChI is InChI=1S/C10H12N2O/c13-6-2-4-8-3-1-5-9-10(8)12-7-11-9/h1,3,5,7,13H,2,4,6H2,(H,11,12). The number of aryl methyl sites for hydroxylation is 1. The zero-order valence-corrected chi connectivity index (χ0v) is 7.33. The maximum absolute atomic E-state index is 8.72. The van der Waals surface area contributed by atoms with Crippen LogP contribution in [0.4, 0.5) is 0 Å². The number of nitrogens with zero attached hydrogens (tertiary/aromatic N) is 1. The van der Waals surface area contributed by atoms with Crippen LogP contribution in [-0.2, 0) is 6.42 Å². The number of para-hydroxylation sites is 1. The summed E-state index contributed by atoms with van der Waals surface area (Å²) in [5.41, 5.74) is 3.29. The SMILES string of the molecule is OCCCc1cccc2[nH]cnc12. The summed E-state index contributed by atoms with van der Waals surface area (Å²) in [4.78, 5) is 7.30. The number of aliphatic hydroxyl groups is 1. The molecule has 1 aromatic heterocycles. The average molecular weight is 176 g/mol. The van der Waals surface area contributed by atoms with Gasteiger partial charge in [0.1, 0.15) is 0 Å². The number of rotatable bonds is 3. The van der Waals surface area contributed by atoms with Crippen molar-refractivity contribution in [1.82, 2.24) is 9.97 Å². The summed E-state index contributed by atoms with van der Waals surface area (Å²) < 4.78 is 0. The van der Waals surface area contributed by atoms with E-state index in [2.05, 4.69) is 16.0 Å². The molecule has 2 aromatic rings. The molecule has 0 amide bonds. The Bertz CT molecular complexity index is 394. The Morgan fingerprint density at radius 2 is 2.31 bits per heavy atom. The van der Waals surface area contributed by atoms with E-state index in [1.165, 1.54) is 5.56 Å². The van der Waals surface area contributed by atoms with Crippen molar-refractivity contribution >= 4 is 11.0 Å². The van der Waals surface area contributed by atoms with Crippen LogP contribution in [0.3, 0.4) is 0 Å². The first-order valence-electron chi connectivity index (χ1n) is 4.43. The minimum absolute atomic E-state index is 0.237. The van der Waals surface area contributed by atoms with Crippen molar-refractivity contribution in [3.8, 4) is 0 Å². The van der Waals surface area contributed by atoms with E-state index in [1.54, 1.807) is 6.33 Å². The fourth-order valence-corrected chi connectivity index (χ4v) is 1.50. The number of aliphatic hydroxyl groups excluding tert-OH is 1. The van der Waals surface area contributed by atoms with E-state index in [1.807, 2.05) is 12.1 Å². The normalized spacial score (nSPS) is 10.8. The minimum atomic E-state index is 0.237. The van der Waals surface area contributed by atoms with Crippen LogP contribution in [0.15, 0.2) is 24.5 Å². The highest BCUT2D eigenvalue weighted by atomic mass is 16.2. The number of nitrogens with one attached hydrogen (secondary N) is 1. The lowest BCUT2D eigenvalue weighted by Gasteiger charge is -1.99. The van der Waals surface area contributed by atoms with E-state index in [0.29, 0.717) is 0 Å². The Morgan fingerprint density at radius 3 is 3.15 bits per heavy atom. The lowest BCUT2D eigenvalue weighted by Crippen LogP contribution is -1.90. The smallest absolute Gasteiger partial charge is 0.0931 e. The summed E-state index contributed by atoms with van der Waals surface area (Å²) in [7, 11) is 0. The van der Waals surface area contributed by atoms with Crippen molar-refractivity contribution in [1.29, 1.82) is 0 Å². The van der Waals surface area contributed by atoms with Crippen LogP contribution >= 0.6 is 0 Å². The van der Waals surface area contributed by atoms with Crippen molar-refractivity contribution < 1.29 is 5.11 Å². The fraction of sp³-hybridized carbons (Fsp3) is 0.300. The number of imidazole rings is 1. The first-order valence-corrected chi connectivity index (χ1v) is 4.43. The quantitative estimate of drug-likeness (QED) is 0.744. The molecular formula is C10H12N2O. The van der Waals surface area contributed by atoms with Crippen LogP contribution in [0.1, 0.15) is 12.0 Å². The van der Waals surface area contributed by atoms with E-state index in [4.69, 9.17) is 5.11 Å². The summed E-state index contributed by atoms with van der Waals surface area (Å²) in [6.45, 7) is 0.237. The highest BCUT2D eigenvalue weighted by Gasteiger charge is 2.01. The van der Waals surface area contributed by atoms with Crippen molar-refractivity contribution in [3.05, 3.63) is 30.1 Å². The van der Waals surface area contributed by atoms with Crippen LogP contribution in [0.25, 0.3) is 11.0 Å². The second-order valence-corrected chi connectivity index (χ2v) is 3.04. The number of fused-ring (bicyclic) bond motifs is 1. The van der Waals surface area contributed by atoms with Crippen LogP contribution in [-0.4, -0.2) is 21.7 Å². The van der Waals surface area contributed by atoms with Crippen molar-refractivity contribution in [3.63, 3.8) is 0 Å². The van der Waals surface area contributed by atoms with Gasteiger partial charge >= 0.3 is 0 Å². The summed E-state index contributed by atoms with van der Waals surface area (Å²) >= 11 is 0. The number of aromatic nitrogens is 2. The molecule has 2 N–H and O–H groups in total. The van der Waals surface area contributed by atoms with Gasteiger partial charge in [0.2, 0.25) is 0 Å². The van der Waals surface area contributed by atoms with Gasteiger partial charge in [0.05, 0.1) is 17.4 Å². The van der Waals surface area contributed by atoms with Gasteiger partial charge < -0.3 is 10.1 Å². The summed E-state index contributed by atoms with van der Waals surface area (Å²) in [5.74, 6) is 0. The van der Waals surface area contributed by atoms with Gasteiger partial charge in [0.25, 0.3) is 0 Å². The molecule has 0 fully saturated rings. The molecule has 0 atom stereocenters. The number of hydrogen-bond donors (Lipinski definition) is 2. The van der Waals surface area contributed by atoms with E-state index in [9.17, 15) is 0 Å². The fourth-order valence-electron chi connectivity index (χ4n) is 1.50. The lowest BCUT2D eigenvalue weighted by atomic mass is 10.1. The molecule has 0 spiro atoms. The van der Waals surface area contributed by atoms with Gasteiger partial charge in [0, 0.05) is 6.61 Å². The highest BCUT2D eigenvalue weighted by Crippen LogP contribution is 2.15. The molecule has 0 aliphatic rings. The Kier molecular flexibility index (Phi) is 2.27. The van der Waals surface area contributed by atoms with Gasteiger partial charge in [-0.3, -0.25) is 0 Å². The molecule has 0 saturated heterocycles. The van der Waals surface area contributed by atoms with E-state index >= 15 is 0 Å². The van der Waals surface area contributed by atoms with Crippen molar-refractivity contribution in [2.75, 3.05) is 6.61 Å². The molecule has 0 unspecified atom stereocenters. The van der Waals surface area contributed by atoms with E-state index < -0.39 is 0 Å². The van der Waals surface area contributed by atoms with Crippen LogP contribution in [0, 0.1) is 0 Å². The van der Waals surface area contributed by atoms with Gasteiger partial charge in [-0.25, -0.2) is 4.98 Å². The first-order chi connectivity index (χ1) is 6.42. The zero-order chi connectivity index (χ0) is 9.10. The third-order valence-corrected chi connectivity index (χ3v) is 2.14. The molecule has 0 aliphatic carbocycles. The predicted molar refractivity (Wildman–Crippen MR) is 51.5 cm³/mol. The van der Waals surface area contributed by atoms with Gasteiger partial charge in [-0.15, -0.1) is 0 Å². The van der Waals surface area contributed by atoms with Crippen LogP contribution < -0.4 is 0 Å². The second-order valence-electron chi connectivity index (χ2n) is 3.04. The molecule has 0 bridgehead atoms. The molecule has 0 aliphatic heterocycles. The molecule has 1 heterocycles. The van der Waals surface area contributed by atoms with E-state index in [0.717, 1.165) is 23.9 Å². The van der Waals surface area contributed by atoms with Gasteiger partial charge in [-0.05, 0) is 24.5 Å². The average Bonchev–Trinajstić information content (AvgIpc) is 2.62. The summed E-state index contributed by atoms with van der Waals surface area (Å²) in [6, 6.07) is 6.07. The van der Waals surface area contributed by atoms with Gasteiger partial charge in [-0.2, -0.15) is 0 Å². The Labute approximate surface area is 76.4 Å². The molecule has 1 aromatic carbocycles. The maximum atomic E-state index is 8.72. The predicted octanol–water partition coefficient (Wildman–Crippen LogP) is 1.49. The molecule has 3 nitrogen and oxygen atoms in total. The topological polar surface area (TPSA) is 48.9 Å². The number of benzene rings is 1. The summed E-state index contributed by atoms with van der Waals surface area (Å²) in [5, 5.41) is 8.72. The largest absolute Gasteiger partial charge is 0.396 e. The monoisotopic (exact) mass is 176 g/mol. The first kappa shape index (κ1) is 8.26. The second kappa shape index (κ2) is 3.58. The number of aromatic amines is 1. The number of H-pyrrole nitrogens is 1. The molecule has 2 rings (SSSR count). The third kappa shape index (κ3) is 1.55. The maximum Gasteiger partial charge on any atom is 0.0931 e.